The fourth-order valence-electron chi connectivity index (χ4n) is 4.39. The highest BCUT2D eigenvalue weighted by molar-refractivity contribution is 7.92. The molecule has 2 aliphatic rings. The van der Waals surface area contributed by atoms with E-state index in [4.69, 9.17) is 0 Å². The number of amides is 1. The Morgan fingerprint density at radius 3 is 2.40 bits per heavy atom. The lowest BCUT2D eigenvalue weighted by Crippen LogP contribution is -2.49. The highest BCUT2D eigenvalue weighted by atomic mass is 32.2. The Labute approximate surface area is 176 Å². The van der Waals surface area contributed by atoms with E-state index in [9.17, 15) is 13.2 Å². The van der Waals surface area contributed by atoms with Crippen molar-refractivity contribution in [2.75, 3.05) is 14.1 Å². The predicted octanol–water partition coefficient (Wildman–Crippen LogP) is 2.80. The summed E-state index contributed by atoms with van der Waals surface area (Å²) in [5.41, 5.74) is 4.16. The summed E-state index contributed by atoms with van der Waals surface area (Å²) in [6.45, 7) is 0. The molecule has 7 heteroatoms. The van der Waals surface area contributed by atoms with Crippen LogP contribution in [0.5, 0.6) is 0 Å². The second kappa shape index (κ2) is 6.96. The zero-order valence-corrected chi connectivity index (χ0v) is 17.9. The number of fused-ring (bicyclic) bond motifs is 3. The highest BCUT2D eigenvalue weighted by Crippen LogP contribution is 2.37. The van der Waals surface area contributed by atoms with E-state index >= 15 is 0 Å². The van der Waals surface area contributed by atoms with Crippen molar-refractivity contribution in [1.29, 1.82) is 0 Å². The minimum atomic E-state index is -3.22. The second-order valence-electron chi connectivity index (χ2n) is 8.47. The number of H-pyrrole nitrogens is 1. The molecule has 1 fully saturated rings. The number of aromatic amines is 1. The topological polar surface area (TPSA) is 82.3 Å². The van der Waals surface area contributed by atoms with Gasteiger partial charge in [0.1, 0.15) is 0 Å². The van der Waals surface area contributed by atoms with Gasteiger partial charge in [-0.05, 0) is 48.6 Å². The van der Waals surface area contributed by atoms with Crippen LogP contribution in [-0.4, -0.2) is 49.6 Å². The van der Waals surface area contributed by atoms with Crippen molar-refractivity contribution in [3.05, 3.63) is 65.4 Å². The average Bonchev–Trinajstić information content (AvgIpc) is 3.54. The Balaban J connectivity index is 1.57. The molecule has 1 aliphatic heterocycles. The van der Waals surface area contributed by atoms with Gasteiger partial charge in [-0.25, -0.2) is 8.42 Å². The summed E-state index contributed by atoms with van der Waals surface area (Å²) in [7, 11) is 0.312. The van der Waals surface area contributed by atoms with Gasteiger partial charge in [-0.1, -0.05) is 30.3 Å². The van der Waals surface area contributed by atoms with Crippen molar-refractivity contribution >= 4 is 26.6 Å². The fraction of sp³-hybridized carbons (Fsp3) is 0.348. The lowest BCUT2D eigenvalue weighted by molar-refractivity contribution is -0.131. The first kappa shape index (κ1) is 19.3. The number of likely N-dealkylation sites (N-methyl/N-ethyl adjacent to an activating group) is 1. The quantitative estimate of drug-likeness (QED) is 0.676. The molecule has 1 amide bonds. The van der Waals surface area contributed by atoms with Crippen LogP contribution < -0.4 is 5.32 Å². The average molecular weight is 424 g/mol. The molecule has 0 spiro atoms. The van der Waals surface area contributed by atoms with E-state index in [2.05, 4.69) is 16.4 Å². The standard InChI is InChI=1S/C23H25N3O3S/c1-26(2)23(27)20-13-18-17-5-3-4-6-19(17)24-22(18)21(25-20)14-7-9-15(10-8-14)30(28,29)16-11-12-16/h3-10,16,20-21,24-25H,11-13H2,1-2H3/t20-,21+/m1/s1. The van der Waals surface area contributed by atoms with E-state index in [1.165, 1.54) is 0 Å². The Morgan fingerprint density at radius 2 is 1.73 bits per heavy atom. The minimum Gasteiger partial charge on any atom is -0.357 e. The first-order valence-corrected chi connectivity index (χ1v) is 11.8. The van der Waals surface area contributed by atoms with Crippen LogP contribution in [0.1, 0.15) is 35.7 Å². The Hall–Kier alpha value is -2.64. The van der Waals surface area contributed by atoms with Gasteiger partial charge in [0.2, 0.25) is 5.91 Å². The molecule has 2 aromatic carbocycles. The molecule has 2 heterocycles. The summed E-state index contributed by atoms with van der Waals surface area (Å²) < 4.78 is 25.1. The largest absolute Gasteiger partial charge is 0.357 e. The third kappa shape index (κ3) is 3.13. The molecule has 0 bridgehead atoms. The number of benzene rings is 2. The SMILES string of the molecule is CN(C)C(=O)[C@H]1Cc2c([nH]c3ccccc23)[C@H](c2ccc(S(=O)(=O)C3CC3)cc2)N1. The lowest BCUT2D eigenvalue weighted by atomic mass is 9.90. The number of nitrogens with one attached hydrogen (secondary N) is 2. The van der Waals surface area contributed by atoms with Crippen molar-refractivity contribution in [3.8, 4) is 0 Å². The van der Waals surface area contributed by atoms with Gasteiger partial charge in [0.25, 0.3) is 0 Å². The van der Waals surface area contributed by atoms with E-state index < -0.39 is 9.84 Å². The molecule has 2 atom stereocenters. The van der Waals surface area contributed by atoms with Crippen molar-refractivity contribution in [2.24, 2.45) is 0 Å². The number of carbonyl (C=O) groups excluding carboxylic acids is 1. The first-order chi connectivity index (χ1) is 14.4. The molecule has 2 N–H and O–H groups in total. The molecular weight excluding hydrogens is 398 g/mol. The molecule has 1 aliphatic carbocycles. The number of aromatic nitrogens is 1. The van der Waals surface area contributed by atoms with Gasteiger partial charge in [0.15, 0.2) is 9.84 Å². The van der Waals surface area contributed by atoms with Crippen LogP contribution in [0.15, 0.2) is 53.4 Å². The summed E-state index contributed by atoms with van der Waals surface area (Å²) in [5, 5.41) is 4.39. The molecule has 0 radical (unpaired) electrons. The maximum atomic E-state index is 12.8. The number of hydrogen-bond donors (Lipinski definition) is 2. The predicted molar refractivity (Wildman–Crippen MR) is 116 cm³/mol. The van der Waals surface area contributed by atoms with Gasteiger partial charge in [0, 0.05) is 30.7 Å². The van der Waals surface area contributed by atoms with E-state index in [1.54, 1.807) is 31.1 Å². The van der Waals surface area contributed by atoms with Crippen LogP contribution >= 0.6 is 0 Å². The summed E-state index contributed by atoms with van der Waals surface area (Å²) >= 11 is 0. The van der Waals surface area contributed by atoms with Gasteiger partial charge in [-0.3, -0.25) is 10.1 Å². The van der Waals surface area contributed by atoms with Crippen molar-refractivity contribution in [1.82, 2.24) is 15.2 Å². The van der Waals surface area contributed by atoms with Crippen LogP contribution in [-0.2, 0) is 21.1 Å². The van der Waals surface area contributed by atoms with E-state index in [1.807, 2.05) is 30.3 Å². The maximum absolute atomic E-state index is 12.8. The maximum Gasteiger partial charge on any atom is 0.239 e. The third-order valence-electron chi connectivity index (χ3n) is 6.16. The van der Waals surface area contributed by atoms with E-state index in [0.29, 0.717) is 11.3 Å². The van der Waals surface area contributed by atoms with Crippen LogP contribution in [0.25, 0.3) is 10.9 Å². The van der Waals surface area contributed by atoms with Crippen molar-refractivity contribution < 1.29 is 13.2 Å². The number of rotatable bonds is 4. The molecule has 1 aromatic heterocycles. The molecule has 156 valence electrons. The molecule has 3 aromatic rings. The lowest BCUT2D eigenvalue weighted by Gasteiger charge is -2.32. The number of sulfone groups is 1. The zero-order chi connectivity index (χ0) is 21.0. The monoisotopic (exact) mass is 423 g/mol. The molecule has 6 nitrogen and oxygen atoms in total. The molecular formula is C23H25N3O3S. The first-order valence-electron chi connectivity index (χ1n) is 10.3. The van der Waals surface area contributed by atoms with Gasteiger partial charge in [-0.15, -0.1) is 0 Å². The van der Waals surface area contributed by atoms with Crippen LogP contribution in [0, 0.1) is 0 Å². The van der Waals surface area contributed by atoms with Crippen molar-refractivity contribution in [2.45, 2.75) is 41.5 Å². The normalized spacial score (nSPS) is 21.4. The van der Waals surface area contributed by atoms with Gasteiger partial charge in [0.05, 0.1) is 22.2 Å². The van der Waals surface area contributed by atoms with Gasteiger partial charge < -0.3 is 9.88 Å². The molecule has 5 rings (SSSR count). The molecule has 1 saturated carbocycles. The van der Waals surface area contributed by atoms with Gasteiger partial charge >= 0.3 is 0 Å². The molecule has 0 unspecified atom stereocenters. The van der Waals surface area contributed by atoms with E-state index in [-0.39, 0.29) is 23.2 Å². The Bertz CT molecular complexity index is 1220. The number of carbonyl (C=O) groups is 1. The fourth-order valence-corrected chi connectivity index (χ4v) is 6.05. The summed E-state index contributed by atoms with van der Waals surface area (Å²) in [6.07, 6.45) is 2.11. The third-order valence-corrected chi connectivity index (χ3v) is 8.43. The van der Waals surface area contributed by atoms with Crippen molar-refractivity contribution in [3.63, 3.8) is 0 Å². The molecule has 0 saturated heterocycles. The summed E-state index contributed by atoms with van der Waals surface area (Å²) in [5.74, 6) is 0.0314. The Morgan fingerprint density at radius 1 is 1.03 bits per heavy atom. The summed E-state index contributed by atoms with van der Waals surface area (Å²) in [6, 6.07) is 14.7. The number of para-hydroxylation sites is 1. The minimum absolute atomic E-state index is 0.0314. The Kier molecular flexibility index (Phi) is 4.48. The smallest absolute Gasteiger partial charge is 0.239 e. The summed E-state index contributed by atoms with van der Waals surface area (Å²) in [4.78, 5) is 18.3. The number of nitrogens with zero attached hydrogens (tertiary/aromatic N) is 1. The molecule has 30 heavy (non-hydrogen) atoms. The van der Waals surface area contributed by atoms with Crippen LogP contribution in [0.3, 0.4) is 0 Å². The number of hydrogen-bond acceptors (Lipinski definition) is 4. The van der Waals surface area contributed by atoms with E-state index in [0.717, 1.165) is 40.6 Å². The van der Waals surface area contributed by atoms with Gasteiger partial charge in [-0.2, -0.15) is 0 Å². The highest BCUT2D eigenvalue weighted by Gasteiger charge is 2.38. The second-order valence-corrected chi connectivity index (χ2v) is 10.7. The zero-order valence-electron chi connectivity index (χ0n) is 17.1. The van der Waals surface area contributed by atoms with Crippen LogP contribution in [0.2, 0.25) is 0 Å². The van der Waals surface area contributed by atoms with Crippen LogP contribution in [0.4, 0.5) is 0 Å².